The monoisotopic (exact) mass is 380 g/mol. The molecule has 0 aliphatic rings. The van der Waals surface area contributed by atoms with Crippen molar-refractivity contribution in [1.29, 1.82) is 0 Å². The highest BCUT2D eigenvalue weighted by Gasteiger charge is 2.23. The number of thioether (sulfide) groups is 1. The number of furan rings is 1. The van der Waals surface area contributed by atoms with E-state index in [1.54, 1.807) is 20.9 Å². The van der Waals surface area contributed by atoms with Gasteiger partial charge in [0.25, 0.3) is 0 Å². The molecule has 9 nitrogen and oxygen atoms in total. The summed E-state index contributed by atoms with van der Waals surface area (Å²) in [7, 11) is 1.78. The maximum Gasteiger partial charge on any atom is 0.342 e. The molecule has 0 saturated carbocycles. The largest absolute Gasteiger partial charge is 0.462 e. The third kappa shape index (κ3) is 3.51. The van der Waals surface area contributed by atoms with Gasteiger partial charge in [-0.05, 0) is 13.8 Å². The molecule has 0 aliphatic carbocycles. The Balaban J connectivity index is 1.88. The molecule has 3 aromatic heterocycles. The van der Waals surface area contributed by atoms with E-state index in [1.807, 2.05) is 0 Å². The lowest BCUT2D eigenvalue weighted by molar-refractivity contribution is 0.0526. The summed E-state index contributed by atoms with van der Waals surface area (Å²) in [4.78, 5) is 20.7. The molecular weight excluding hydrogens is 364 g/mol. The first-order valence-electron chi connectivity index (χ1n) is 7.40. The molecule has 0 aromatic carbocycles. The van der Waals surface area contributed by atoms with Gasteiger partial charge in [-0.25, -0.2) is 9.78 Å². The van der Waals surface area contributed by atoms with Gasteiger partial charge in [0.2, 0.25) is 10.8 Å². The SMILES string of the molecule is CCOC(=O)c1c(C)oc2nc(CSc3nnc(NC)s3)nc(N)c12. The predicted molar refractivity (Wildman–Crippen MR) is 95.9 cm³/mol. The number of ether oxygens (including phenoxy) is 1. The van der Waals surface area contributed by atoms with Crippen LogP contribution in [0.2, 0.25) is 0 Å². The summed E-state index contributed by atoms with van der Waals surface area (Å²) in [5, 5.41) is 12.1. The first-order chi connectivity index (χ1) is 12.0. The standard InChI is InChI=1S/C14H16N6O3S2/c1-4-22-12(21)8-6(2)23-11-9(8)10(15)17-7(18-11)5-24-14-20-19-13(16-3)25-14/h4-5H2,1-3H3,(H,16,19)(H2,15,17,18). The number of rotatable bonds is 6. The van der Waals surface area contributed by atoms with Crippen molar-refractivity contribution in [3.8, 4) is 0 Å². The van der Waals surface area contributed by atoms with Crippen LogP contribution in [0.1, 0.15) is 28.9 Å². The first-order valence-corrected chi connectivity index (χ1v) is 9.20. The van der Waals surface area contributed by atoms with Crippen LogP contribution in [0, 0.1) is 6.92 Å². The van der Waals surface area contributed by atoms with E-state index in [1.165, 1.54) is 23.1 Å². The van der Waals surface area contributed by atoms with Gasteiger partial charge in [-0.2, -0.15) is 4.98 Å². The second kappa shape index (κ2) is 7.23. The summed E-state index contributed by atoms with van der Waals surface area (Å²) in [5.41, 5.74) is 6.59. The number of hydrogen-bond acceptors (Lipinski definition) is 11. The van der Waals surface area contributed by atoms with Crippen LogP contribution in [-0.4, -0.2) is 39.8 Å². The van der Waals surface area contributed by atoms with Crippen LogP contribution in [0.4, 0.5) is 10.9 Å². The van der Waals surface area contributed by atoms with Gasteiger partial charge >= 0.3 is 5.97 Å². The number of esters is 1. The molecule has 25 heavy (non-hydrogen) atoms. The summed E-state index contributed by atoms with van der Waals surface area (Å²) in [6, 6.07) is 0. The molecule has 0 fully saturated rings. The Hall–Kier alpha value is -2.40. The van der Waals surface area contributed by atoms with Crippen LogP contribution in [-0.2, 0) is 10.5 Å². The van der Waals surface area contributed by atoms with Crippen molar-refractivity contribution in [2.45, 2.75) is 23.9 Å². The topological polar surface area (TPSA) is 129 Å². The smallest absolute Gasteiger partial charge is 0.342 e. The molecule has 0 atom stereocenters. The summed E-state index contributed by atoms with van der Waals surface area (Å²) >= 11 is 2.88. The Kier molecular flexibility index (Phi) is 5.04. The van der Waals surface area contributed by atoms with Crippen LogP contribution >= 0.6 is 23.1 Å². The van der Waals surface area contributed by atoms with E-state index in [9.17, 15) is 4.79 Å². The molecule has 0 aliphatic heterocycles. The highest BCUT2D eigenvalue weighted by molar-refractivity contribution is 8.00. The molecule has 0 spiro atoms. The van der Waals surface area contributed by atoms with E-state index in [2.05, 4.69) is 25.5 Å². The number of carbonyl (C=O) groups is 1. The maximum absolute atomic E-state index is 12.1. The summed E-state index contributed by atoms with van der Waals surface area (Å²) in [5.74, 6) is 1.04. The molecule has 0 unspecified atom stereocenters. The lowest BCUT2D eigenvalue weighted by atomic mass is 10.2. The minimum atomic E-state index is -0.496. The maximum atomic E-state index is 12.1. The summed E-state index contributed by atoms with van der Waals surface area (Å²) < 4.78 is 11.4. The first kappa shape index (κ1) is 17.4. The second-order valence-electron chi connectivity index (χ2n) is 4.87. The quantitative estimate of drug-likeness (QED) is 0.486. The van der Waals surface area contributed by atoms with Crippen molar-refractivity contribution in [1.82, 2.24) is 20.2 Å². The number of nitrogen functional groups attached to an aromatic ring is 1. The molecular formula is C14H16N6O3S2. The Morgan fingerprint density at radius 3 is 2.88 bits per heavy atom. The van der Waals surface area contributed by atoms with Crippen molar-refractivity contribution in [3.63, 3.8) is 0 Å². The van der Waals surface area contributed by atoms with E-state index in [0.717, 1.165) is 9.47 Å². The number of carbonyl (C=O) groups excluding carboxylic acids is 1. The van der Waals surface area contributed by atoms with Gasteiger partial charge < -0.3 is 20.2 Å². The third-order valence-electron chi connectivity index (χ3n) is 3.23. The van der Waals surface area contributed by atoms with E-state index < -0.39 is 5.97 Å². The Bertz CT molecular complexity index is 923. The fraction of sp³-hybridized carbons (Fsp3) is 0.357. The van der Waals surface area contributed by atoms with Crippen LogP contribution < -0.4 is 11.1 Å². The number of nitrogens with two attached hydrogens (primary N) is 1. The van der Waals surface area contributed by atoms with Gasteiger partial charge in [-0.1, -0.05) is 23.1 Å². The molecule has 0 saturated heterocycles. The molecule has 3 N–H and O–H groups in total. The molecule has 0 amide bonds. The number of nitrogens with one attached hydrogen (secondary N) is 1. The minimum absolute atomic E-state index is 0.189. The zero-order chi connectivity index (χ0) is 18.0. The number of fused-ring (bicyclic) bond motifs is 1. The van der Waals surface area contributed by atoms with Crippen molar-refractivity contribution in [2.75, 3.05) is 24.7 Å². The van der Waals surface area contributed by atoms with Gasteiger partial charge in [-0.3, -0.25) is 0 Å². The number of aromatic nitrogens is 4. The predicted octanol–water partition coefficient (Wildman–Crippen LogP) is 2.48. The number of aryl methyl sites for hydroxylation is 1. The van der Waals surface area contributed by atoms with Crippen molar-refractivity contribution in [3.05, 3.63) is 17.1 Å². The molecule has 3 heterocycles. The molecule has 0 bridgehead atoms. The van der Waals surface area contributed by atoms with E-state index in [0.29, 0.717) is 22.7 Å². The van der Waals surface area contributed by atoms with Crippen molar-refractivity contribution < 1.29 is 13.9 Å². The summed E-state index contributed by atoms with van der Waals surface area (Å²) in [6.45, 7) is 3.66. The van der Waals surface area contributed by atoms with Crippen LogP contribution in [0.3, 0.4) is 0 Å². The lowest BCUT2D eigenvalue weighted by Crippen LogP contribution is -2.07. The average Bonchev–Trinajstić information content (AvgIpc) is 3.16. The van der Waals surface area contributed by atoms with E-state index in [4.69, 9.17) is 14.9 Å². The second-order valence-corrected chi connectivity index (χ2v) is 7.07. The zero-order valence-corrected chi connectivity index (χ0v) is 15.5. The van der Waals surface area contributed by atoms with Crippen LogP contribution in [0.15, 0.2) is 8.76 Å². The van der Waals surface area contributed by atoms with E-state index in [-0.39, 0.29) is 23.7 Å². The van der Waals surface area contributed by atoms with Gasteiger partial charge in [0, 0.05) is 7.05 Å². The van der Waals surface area contributed by atoms with Crippen molar-refractivity contribution >= 4 is 51.1 Å². The van der Waals surface area contributed by atoms with E-state index >= 15 is 0 Å². The third-order valence-corrected chi connectivity index (χ3v) is 5.30. The Morgan fingerprint density at radius 1 is 1.40 bits per heavy atom. The highest BCUT2D eigenvalue weighted by atomic mass is 32.2. The minimum Gasteiger partial charge on any atom is -0.462 e. The van der Waals surface area contributed by atoms with Crippen LogP contribution in [0.5, 0.6) is 0 Å². The fourth-order valence-electron chi connectivity index (χ4n) is 2.19. The Morgan fingerprint density at radius 2 is 2.20 bits per heavy atom. The highest BCUT2D eigenvalue weighted by Crippen LogP contribution is 2.31. The van der Waals surface area contributed by atoms with Crippen LogP contribution in [0.25, 0.3) is 11.1 Å². The average molecular weight is 380 g/mol. The van der Waals surface area contributed by atoms with Gasteiger partial charge in [0.1, 0.15) is 23.0 Å². The van der Waals surface area contributed by atoms with Gasteiger partial charge in [-0.15, -0.1) is 10.2 Å². The lowest BCUT2D eigenvalue weighted by Gasteiger charge is -2.03. The van der Waals surface area contributed by atoms with Gasteiger partial charge in [0.15, 0.2) is 4.34 Å². The Labute approximate surface area is 151 Å². The number of anilines is 2. The molecule has 11 heteroatoms. The van der Waals surface area contributed by atoms with Gasteiger partial charge in [0.05, 0.1) is 17.7 Å². The molecule has 0 radical (unpaired) electrons. The fourth-order valence-corrected chi connectivity index (χ4v) is 3.75. The normalized spacial score (nSPS) is 11.0. The number of nitrogens with zero attached hydrogens (tertiary/aromatic N) is 4. The zero-order valence-electron chi connectivity index (χ0n) is 13.8. The molecule has 3 aromatic rings. The molecule has 3 rings (SSSR count). The number of hydrogen-bond donors (Lipinski definition) is 2. The summed E-state index contributed by atoms with van der Waals surface area (Å²) in [6.07, 6.45) is 0. The molecule has 132 valence electrons. The van der Waals surface area contributed by atoms with Crippen molar-refractivity contribution in [2.24, 2.45) is 0 Å².